The molecule has 0 aromatic heterocycles. The van der Waals surface area contributed by atoms with Crippen molar-refractivity contribution >= 4 is 0 Å². The van der Waals surface area contributed by atoms with Gasteiger partial charge in [0.1, 0.15) is 0 Å². The van der Waals surface area contributed by atoms with Gasteiger partial charge in [-0.1, -0.05) is 20.8 Å². The summed E-state index contributed by atoms with van der Waals surface area (Å²) in [5.74, 6) is 0. The maximum Gasteiger partial charge on any atom is 0.0659 e. The van der Waals surface area contributed by atoms with E-state index < -0.39 is 0 Å². The molecule has 1 rings (SSSR count). The van der Waals surface area contributed by atoms with Crippen LogP contribution < -0.4 is 5.73 Å². The molecule has 0 spiro atoms. The number of nitrogens with two attached hydrogens (primary N) is 1. The molecule has 2 N–H and O–H groups in total. The lowest BCUT2D eigenvalue weighted by molar-refractivity contribution is 0.146. The first-order valence-corrected chi connectivity index (χ1v) is 5.36. The second kappa shape index (κ2) is 4.17. The SMILES string of the molecule is CN(CC(C)(C)C)CC1(N)CCOC1. The van der Waals surface area contributed by atoms with E-state index in [4.69, 9.17) is 10.5 Å². The largest absolute Gasteiger partial charge is 0.379 e. The van der Waals surface area contributed by atoms with Gasteiger partial charge in [-0.15, -0.1) is 0 Å². The van der Waals surface area contributed by atoms with E-state index in [9.17, 15) is 0 Å². The summed E-state index contributed by atoms with van der Waals surface area (Å²) < 4.78 is 5.34. The van der Waals surface area contributed by atoms with Crippen molar-refractivity contribution in [1.29, 1.82) is 0 Å². The number of ether oxygens (including phenoxy) is 1. The van der Waals surface area contributed by atoms with Gasteiger partial charge in [-0.05, 0) is 18.9 Å². The van der Waals surface area contributed by atoms with Gasteiger partial charge in [0.05, 0.1) is 12.1 Å². The number of hydrogen-bond donors (Lipinski definition) is 1. The Kier molecular flexibility index (Phi) is 3.56. The van der Waals surface area contributed by atoms with Crippen LogP contribution in [0.25, 0.3) is 0 Å². The van der Waals surface area contributed by atoms with Gasteiger partial charge in [0.2, 0.25) is 0 Å². The summed E-state index contributed by atoms with van der Waals surface area (Å²) in [6.45, 7) is 10.3. The summed E-state index contributed by atoms with van der Waals surface area (Å²) in [4.78, 5) is 2.31. The Balaban J connectivity index is 2.36. The lowest BCUT2D eigenvalue weighted by Crippen LogP contribution is -2.51. The Morgan fingerprint density at radius 2 is 2.07 bits per heavy atom. The molecule has 1 heterocycles. The highest BCUT2D eigenvalue weighted by Crippen LogP contribution is 2.19. The zero-order valence-corrected chi connectivity index (χ0v) is 9.97. The van der Waals surface area contributed by atoms with Crippen molar-refractivity contribution in [1.82, 2.24) is 4.90 Å². The molecular formula is C11H24N2O. The van der Waals surface area contributed by atoms with Gasteiger partial charge in [0.15, 0.2) is 0 Å². The predicted molar refractivity (Wildman–Crippen MR) is 59.3 cm³/mol. The predicted octanol–water partition coefficient (Wildman–Crippen LogP) is 1.08. The average Bonchev–Trinajstić information content (AvgIpc) is 2.30. The third-order valence-electron chi connectivity index (χ3n) is 2.46. The molecule has 0 saturated carbocycles. The molecule has 14 heavy (non-hydrogen) atoms. The molecule has 0 aromatic carbocycles. The quantitative estimate of drug-likeness (QED) is 0.741. The second-order valence-electron chi connectivity index (χ2n) is 5.90. The minimum atomic E-state index is -0.111. The van der Waals surface area contributed by atoms with Crippen molar-refractivity contribution in [2.24, 2.45) is 11.1 Å². The van der Waals surface area contributed by atoms with E-state index in [-0.39, 0.29) is 5.54 Å². The Hall–Kier alpha value is -0.120. The fourth-order valence-electron chi connectivity index (χ4n) is 2.15. The topological polar surface area (TPSA) is 38.5 Å². The fourth-order valence-corrected chi connectivity index (χ4v) is 2.15. The van der Waals surface area contributed by atoms with Crippen LogP contribution in [0.3, 0.4) is 0 Å². The molecule has 3 nitrogen and oxygen atoms in total. The Bertz CT molecular complexity index is 180. The van der Waals surface area contributed by atoms with E-state index in [1.807, 2.05) is 0 Å². The van der Waals surface area contributed by atoms with E-state index in [0.29, 0.717) is 12.0 Å². The summed E-state index contributed by atoms with van der Waals surface area (Å²) in [6.07, 6.45) is 0.988. The van der Waals surface area contributed by atoms with Gasteiger partial charge >= 0.3 is 0 Å². The number of nitrogens with zero attached hydrogens (tertiary/aromatic N) is 1. The first kappa shape index (κ1) is 12.0. The van der Waals surface area contributed by atoms with Crippen LogP contribution in [0.5, 0.6) is 0 Å². The first-order valence-electron chi connectivity index (χ1n) is 5.36. The Morgan fingerprint density at radius 3 is 2.50 bits per heavy atom. The van der Waals surface area contributed by atoms with Gasteiger partial charge < -0.3 is 15.4 Å². The van der Waals surface area contributed by atoms with Gasteiger partial charge in [0.25, 0.3) is 0 Å². The molecule has 0 radical (unpaired) electrons. The lowest BCUT2D eigenvalue weighted by Gasteiger charge is -2.32. The molecule has 1 aliphatic rings. The Labute approximate surface area is 87.6 Å². The minimum absolute atomic E-state index is 0.111. The van der Waals surface area contributed by atoms with E-state index in [2.05, 4.69) is 32.7 Å². The van der Waals surface area contributed by atoms with Gasteiger partial charge in [-0.3, -0.25) is 0 Å². The van der Waals surface area contributed by atoms with Crippen LogP contribution in [-0.2, 0) is 4.74 Å². The van der Waals surface area contributed by atoms with Crippen LogP contribution in [0.15, 0.2) is 0 Å². The molecule has 0 aromatic rings. The molecule has 1 saturated heterocycles. The fraction of sp³-hybridized carbons (Fsp3) is 1.00. The lowest BCUT2D eigenvalue weighted by atomic mass is 9.94. The highest BCUT2D eigenvalue weighted by molar-refractivity contribution is 4.91. The molecule has 84 valence electrons. The molecule has 0 bridgehead atoms. The molecular weight excluding hydrogens is 176 g/mol. The monoisotopic (exact) mass is 200 g/mol. The second-order valence-corrected chi connectivity index (χ2v) is 5.90. The smallest absolute Gasteiger partial charge is 0.0659 e. The van der Waals surface area contributed by atoms with E-state index in [0.717, 1.165) is 26.1 Å². The van der Waals surface area contributed by atoms with Crippen molar-refractivity contribution < 1.29 is 4.74 Å². The molecule has 0 aliphatic carbocycles. The molecule has 1 aliphatic heterocycles. The normalized spacial score (nSPS) is 28.7. The molecule has 0 amide bonds. The van der Waals surface area contributed by atoms with Crippen LogP contribution in [0.4, 0.5) is 0 Å². The van der Waals surface area contributed by atoms with E-state index in [1.54, 1.807) is 0 Å². The van der Waals surface area contributed by atoms with Crippen LogP contribution >= 0.6 is 0 Å². The van der Waals surface area contributed by atoms with Crippen molar-refractivity contribution in [3.8, 4) is 0 Å². The van der Waals surface area contributed by atoms with E-state index in [1.165, 1.54) is 0 Å². The molecule has 1 fully saturated rings. The third-order valence-corrected chi connectivity index (χ3v) is 2.46. The van der Waals surface area contributed by atoms with Crippen molar-refractivity contribution in [2.45, 2.75) is 32.7 Å². The molecule has 3 heteroatoms. The number of rotatable bonds is 3. The summed E-state index contributed by atoms with van der Waals surface area (Å²) in [5.41, 5.74) is 6.44. The highest BCUT2D eigenvalue weighted by atomic mass is 16.5. The van der Waals surface area contributed by atoms with E-state index >= 15 is 0 Å². The van der Waals surface area contributed by atoms with Gasteiger partial charge in [-0.25, -0.2) is 0 Å². The highest BCUT2D eigenvalue weighted by Gasteiger charge is 2.32. The maximum absolute atomic E-state index is 6.21. The molecule has 1 atom stereocenters. The average molecular weight is 200 g/mol. The van der Waals surface area contributed by atoms with Crippen molar-refractivity contribution in [3.05, 3.63) is 0 Å². The maximum atomic E-state index is 6.21. The van der Waals surface area contributed by atoms with Crippen molar-refractivity contribution in [3.63, 3.8) is 0 Å². The number of likely N-dealkylation sites (N-methyl/N-ethyl adjacent to an activating group) is 1. The van der Waals surface area contributed by atoms with Crippen LogP contribution in [0.1, 0.15) is 27.2 Å². The molecule has 1 unspecified atom stereocenters. The van der Waals surface area contributed by atoms with Crippen LogP contribution in [0.2, 0.25) is 0 Å². The number of hydrogen-bond acceptors (Lipinski definition) is 3. The van der Waals surface area contributed by atoms with Crippen LogP contribution in [-0.4, -0.2) is 43.8 Å². The zero-order valence-electron chi connectivity index (χ0n) is 9.97. The van der Waals surface area contributed by atoms with Crippen LogP contribution in [0, 0.1) is 5.41 Å². The zero-order chi connectivity index (χ0) is 10.8. The van der Waals surface area contributed by atoms with Gasteiger partial charge in [0, 0.05) is 19.7 Å². The Morgan fingerprint density at radius 1 is 1.43 bits per heavy atom. The first-order chi connectivity index (χ1) is 6.31. The summed E-state index contributed by atoms with van der Waals surface area (Å²) in [7, 11) is 2.14. The standard InChI is InChI=1S/C11H24N2O/c1-10(2,3)7-13(4)8-11(12)5-6-14-9-11/h5-9,12H2,1-4H3. The summed E-state index contributed by atoms with van der Waals surface area (Å²) >= 11 is 0. The van der Waals surface area contributed by atoms with Gasteiger partial charge in [-0.2, -0.15) is 0 Å². The van der Waals surface area contributed by atoms with Crippen molar-refractivity contribution in [2.75, 3.05) is 33.4 Å². The summed E-state index contributed by atoms with van der Waals surface area (Å²) in [5, 5.41) is 0. The summed E-state index contributed by atoms with van der Waals surface area (Å²) in [6, 6.07) is 0. The third kappa shape index (κ3) is 3.95. The minimum Gasteiger partial charge on any atom is -0.379 e.